The number of nitrogens with zero attached hydrogens (tertiary/aromatic N) is 4. The summed E-state index contributed by atoms with van der Waals surface area (Å²) in [4.78, 5) is 60.8. The molecule has 1 aliphatic heterocycles. The van der Waals surface area contributed by atoms with Crippen molar-refractivity contribution >= 4 is 29.6 Å². The molecular weight excluding hydrogens is 310 g/mol. The lowest BCUT2D eigenvalue weighted by molar-refractivity contribution is -0.171. The zero-order chi connectivity index (χ0) is 17.9. The van der Waals surface area contributed by atoms with Crippen molar-refractivity contribution in [3.8, 4) is 0 Å². The van der Waals surface area contributed by atoms with Crippen LogP contribution in [0.3, 0.4) is 0 Å². The highest BCUT2D eigenvalue weighted by Crippen LogP contribution is 2.25. The van der Waals surface area contributed by atoms with Gasteiger partial charge in [0.2, 0.25) is 0 Å². The van der Waals surface area contributed by atoms with Gasteiger partial charge in [0.25, 0.3) is 17.4 Å². The van der Waals surface area contributed by atoms with Gasteiger partial charge in [0.15, 0.2) is 0 Å². The minimum atomic E-state index is -2.33. The lowest BCUT2D eigenvalue weighted by atomic mass is 9.93. The van der Waals surface area contributed by atoms with Crippen molar-refractivity contribution in [3.05, 3.63) is 0 Å². The molecule has 23 heavy (non-hydrogen) atoms. The molecule has 6 amide bonds. The van der Waals surface area contributed by atoms with Crippen LogP contribution in [0.4, 0.5) is 9.59 Å². The van der Waals surface area contributed by atoms with E-state index in [1.165, 1.54) is 42.2 Å². The number of rotatable bonds is 4. The van der Waals surface area contributed by atoms with Gasteiger partial charge in [-0.1, -0.05) is 5.16 Å². The monoisotopic (exact) mass is 329 g/mol. The van der Waals surface area contributed by atoms with Gasteiger partial charge in [0.1, 0.15) is 12.8 Å². The third-order valence-corrected chi connectivity index (χ3v) is 3.22. The summed E-state index contributed by atoms with van der Waals surface area (Å²) < 4.78 is 0. The van der Waals surface area contributed by atoms with Crippen LogP contribution in [0.5, 0.6) is 0 Å². The van der Waals surface area contributed by atoms with E-state index in [0.29, 0.717) is 9.80 Å². The molecule has 0 atom stereocenters. The summed E-state index contributed by atoms with van der Waals surface area (Å²) in [7, 11) is 6.45. The summed E-state index contributed by atoms with van der Waals surface area (Å²) in [5.41, 5.74) is -0.522. The largest absolute Gasteiger partial charge is 0.399 e. The van der Waals surface area contributed by atoms with Gasteiger partial charge >= 0.3 is 12.1 Å². The Morgan fingerprint density at radius 1 is 1.17 bits per heavy atom. The highest BCUT2D eigenvalue weighted by Gasteiger charge is 2.60. The van der Waals surface area contributed by atoms with Gasteiger partial charge in [-0.05, 0) is 6.92 Å². The van der Waals surface area contributed by atoms with Crippen LogP contribution < -0.4 is 5.48 Å². The zero-order valence-corrected chi connectivity index (χ0v) is 13.7. The topological polar surface area (TPSA) is 121 Å². The molecular formula is C12H19N5O6. The maximum atomic E-state index is 12.5. The molecule has 0 aromatic heterocycles. The number of amides is 6. The molecule has 0 radical (unpaired) electrons. The maximum absolute atomic E-state index is 12.5. The number of barbiturate groups is 1. The molecule has 0 aliphatic carbocycles. The molecule has 0 aromatic carbocycles. The van der Waals surface area contributed by atoms with Crippen LogP contribution in [0.1, 0.15) is 6.92 Å². The fraction of sp³-hybridized carbons (Fsp3) is 0.583. The standard InChI is InChI=1S/C12H19N5O6/c1-7(13-22-6)12(23-14-10(20)15(2)3)8(18)16(4)11(21)17(5)9(12)19/h1-6H3,(H,14,20). The van der Waals surface area contributed by atoms with Crippen LogP contribution in [0.15, 0.2) is 5.16 Å². The molecule has 1 N–H and O–H groups in total. The molecule has 1 rings (SSSR count). The quantitative estimate of drug-likeness (QED) is 0.401. The van der Waals surface area contributed by atoms with Gasteiger partial charge in [0.05, 0.1) is 0 Å². The fourth-order valence-electron chi connectivity index (χ4n) is 1.85. The lowest BCUT2D eigenvalue weighted by Gasteiger charge is -2.40. The number of oxime groups is 1. The van der Waals surface area contributed by atoms with Gasteiger partial charge in [0, 0.05) is 28.2 Å². The Morgan fingerprint density at radius 2 is 1.65 bits per heavy atom. The number of hydroxylamine groups is 1. The van der Waals surface area contributed by atoms with E-state index in [1.807, 2.05) is 5.48 Å². The molecule has 0 bridgehead atoms. The average molecular weight is 329 g/mol. The third kappa shape index (κ3) is 2.95. The Balaban J connectivity index is 3.36. The number of carbonyl (C=O) groups excluding carboxylic acids is 4. The minimum Gasteiger partial charge on any atom is -0.399 e. The smallest absolute Gasteiger partial charge is 0.340 e. The van der Waals surface area contributed by atoms with Gasteiger partial charge in [-0.3, -0.25) is 19.4 Å². The number of hydrogen-bond acceptors (Lipinski definition) is 7. The number of urea groups is 2. The second-order valence-electron chi connectivity index (χ2n) is 4.96. The number of nitrogens with one attached hydrogen (secondary N) is 1. The van der Waals surface area contributed by atoms with Crippen LogP contribution in [0.2, 0.25) is 0 Å². The van der Waals surface area contributed by atoms with E-state index in [9.17, 15) is 19.2 Å². The number of imide groups is 2. The summed E-state index contributed by atoms with van der Waals surface area (Å²) >= 11 is 0. The number of likely N-dealkylation sites (N-methyl/N-ethyl adjacent to an activating group) is 2. The SMILES string of the molecule is CON=C(C)C1(ONC(=O)N(C)C)C(=O)N(C)C(=O)N(C)C1=O. The van der Waals surface area contributed by atoms with Gasteiger partial charge in [-0.15, -0.1) is 0 Å². The number of carbonyl (C=O) groups is 4. The molecule has 1 aliphatic rings. The van der Waals surface area contributed by atoms with Crippen molar-refractivity contribution in [1.29, 1.82) is 0 Å². The predicted molar refractivity (Wildman–Crippen MR) is 77.1 cm³/mol. The van der Waals surface area contributed by atoms with E-state index in [1.54, 1.807) is 0 Å². The Bertz CT molecular complexity index is 548. The first kappa shape index (κ1) is 18.4. The van der Waals surface area contributed by atoms with E-state index in [-0.39, 0.29) is 5.71 Å². The van der Waals surface area contributed by atoms with E-state index in [4.69, 9.17) is 4.84 Å². The van der Waals surface area contributed by atoms with Crippen molar-refractivity contribution in [2.24, 2.45) is 5.16 Å². The van der Waals surface area contributed by atoms with Crippen LogP contribution in [-0.4, -0.2) is 85.2 Å². The first-order valence-electron chi connectivity index (χ1n) is 6.45. The van der Waals surface area contributed by atoms with E-state index < -0.39 is 29.5 Å². The Kier molecular flexibility index (Phi) is 5.27. The second-order valence-corrected chi connectivity index (χ2v) is 4.96. The maximum Gasteiger partial charge on any atom is 0.340 e. The van der Waals surface area contributed by atoms with Crippen LogP contribution in [-0.2, 0) is 19.3 Å². The molecule has 0 saturated carbocycles. The van der Waals surface area contributed by atoms with Crippen molar-refractivity contribution in [2.75, 3.05) is 35.3 Å². The first-order valence-corrected chi connectivity index (χ1v) is 6.45. The van der Waals surface area contributed by atoms with Crippen molar-refractivity contribution < 1.29 is 28.9 Å². The molecule has 0 spiro atoms. The zero-order valence-electron chi connectivity index (χ0n) is 13.7. The minimum absolute atomic E-state index is 0.180. The molecule has 1 fully saturated rings. The highest BCUT2D eigenvalue weighted by molar-refractivity contribution is 6.34. The van der Waals surface area contributed by atoms with Crippen molar-refractivity contribution in [3.63, 3.8) is 0 Å². The summed E-state index contributed by atoms with van der Waals surface area (Å²) in [6.45, 7) is 1.30. The second kappa shape index (κ2) is 6.60. The highest BCUT2D eigenvalue weighted by atomic mass is 16.7. The number of hydrogen-bond donors (Lipinski definition) is 1. The van der Waals surface area contributed by atoms with Gasteiger partial charge < -0.3 is 9.74 Å². The third-order valence-electron chi connectivity index (χ3n) is 3.22. The van der Waals surface area contributed by atoms with Gasteiger partial charge in [-0.25, -0.2) is 19.9 Å². The normalized spacial score (nSPS) is 18.2. The molecule has 11 nitrogen and oxygen atoms in total. The Hall–Kier alpha value is -2.69. The molecule has 1 saturated heterocycles. The van der Waals surface area contributed by atoms with Crippen molar-refractivity contribution in [1.82, 2.24) is 20.2 Å². The molecule has 0 unspecified atom stereocenters. The van der Waals surface area contributed by atoms with Crippen LogP contribution in [0, 0.1) is 0 Å². The fourth-order valence-corrected chi connectivity index (χ4v) is 1.85. The van der Waals surface area contributed by atoms with Crippen LogP contribution >= 0.6 is 0 Å². The van der Waals surface area contributed by atoms with E-state index in [0.717, 1.165) is 4.90 Å². The molecule has 1 heterocycles. The average Bonchev–Trinajstić information content (AvgIpc) is 2.51. The summed E-state index contributed by atoms with van der Waals surface area (Å²) in [5.74, 6) is -1.99. The summed E-state index contributed by atoms with van der Waals surface area (Å²) in [6.07, 6.45) is 0. The van der Waals surface area contributed by atoms with Crippen LogP contribution in [0.25, 0.3) is 0 Å². The molecule has 11 heteroatoms. The van der Waals surface area contributed by atoms with Crippen molar-refractivity contribution in [2.45, 2.75) is 12.5 Å². The predicted octanol–water partition coefficient (Wildman–Crippen LogP) is -0.999. The van der Waals surface area contributed by atoms with E-state index >= 15 is 0 Å². The molecule has 128 valence electrons. The van der Waals surface area contributed by atoms with E-state index in [2.05, 4.69) is 9.99 Å². The van der Waals surface area contributed by atoms with Gasteiger partial charge in [-0.2, -0.15) is 0 Å². The first-order chi connectivity index (χ1) is 10.6. The molecule has 0 aromatic rings. The Labute approximate surface area is 132 Å². The summed E-state index contributed by atoms with van der Waals surface area (Å²) in [6, 6.07) is -1.54. The Morgan fingerprint density at radius 3 is 2.04 bits per heavy atom. The lowest BCUT2D eigenvalue weighted by Crippen LogP contribution is -2.72. The summed E-state index contributed by atoms with van der Waals surface area (Å²) in [5, 5.41) is 3.56.